The molecule has 0 aliphatic carbocycles. The summed E-state index contributed by atoms with van der Waals surface area (Å²) in [4.78, 5) is 25.6. The van der Waals surface area contributed by atoms with Crippen molar-refractivity contribution in [3.8, 4) is 0 Å². The molecule has 2 aromatic rings. The molecule has 1 N–H and O–H groups in total. The summed E-state index contributed by atoms with van der Waals surface area (Å²) in [7, 11) is 0. The highest BCUT2D eigenvalue weighted by molar-refractivity contribution is 6.31. The van der Waals surface area contributed by atoms with Crippen molar-refractivity contribution >= 4 is 29.1 Å². The lowest BCUT2D eigenvalue weighted by Crippen LogP contribution is -2.34. The molecule has 0 saturated carbocycles. The molecule has 0 bridgehead atoms. The minimum absolute atomic E-state index is 0.141. The number of hydrogen-bond acceptors (Lipinski definition) is 2. The molecule has 2 amide bonds. The summed E-state index contributed by atoms with van der Waals surface area (Å²) in [5.41, 5.74) is 2.47. The van der Waals surface area contributed by atoms with Crippen molar-refractivity contribution < 1.29 is 14.0 Å². The summed E-state index contributed by atoms with van der Waals surface area (Å²) in [6.45, 7) is 4.04. The third-order valence-electron chi connectivity index (χ3n) is 4.12. The van der Waals surface area contributed by atoms with Gasteiger partial charge in [0.25, 0.3) is 0 Å². The number of nitrogens with one attached hydrogen (secondary N) is 1. The van der Waals surface area contributed by atoms with E-state index in [9.17, 15) is 14.0 Å². The van der Waals surface area contributed by atoms with Crippen LogP contribution in [0.1, 0.15) is 24.5 Å². The van der Waals surface area contributed by atoms with Crippen LogP contribution in [0.2, 0.25) is 5.02 Å². The maximum Gasteiger partial charge on any atom is 0.223 e. The number of rotatable bonds is 7. The molecule has 0 fully saturated rings. The minimum atomic E-state index is -0.279. The Morgan fingerprint density at radius 1 is 1.15 bits per heavy atom. The fraction of sp³-hybridized carbons (Fsp3) is 0.300. The van der Waals surface area contributed by atoms with E-state index in [1.165, 1.54) is 19.1 Å². The van der Waals surface area contributed by atoms with Gasteiger partial charge < -0.3 is 10.2 Å². The highest BCUT2D eigenvalue weighted by atomic mass is 35.5. The van der Waals surface area contributed by atoms with Crippen molar-refractivity contribution in [1.82, 2.24) is 5.32 Å². The SMILES string of the molecule is CC(=O)N(CCC(=O)NCCc1ccc(F)cc1)c1cccc(Cl)c1C. The van der Waals surface area contributed by atoms with Gasteiger partial charge in [-0.2, -0.15) is 0 Å². The zero-order valence-corrected chi connectivity index (χ0v) is 15.6. The molecule has 0 saturated heterocycles. The van der Waals surface area contributed by atoms with E-state index in [4.69, 9.17) is 11.6 Å². The minimum Gasteiger partial charge on any atom is -0.356 e. The number of amides is 2. The van der Waals surface area contributed by atoms with Crippen LogP contribution in [0.4, 0.5) is 10.1 Å². The van der Waals surface area contributed by atoms with Gasteiger partial charge in [-0.15, -0.1) is 0 Å². The van der Waals surface area contributed by atoms with Gasteiger partial charge in [-0.3, -0.25) is 9.59 Å². The van der Waals surface area contributed by atoms with E-state index in [-0.39, 0.29) is 30.6 Å². The summed E-state index contributed by atoms with van der Waals surface area (Å²) in [6.07, 6.45) is 0.810. The van der Waals surface area contributed by atoms with Crippen LogP contribution >= 0.6 is 11.6 Å². The Labute approximate surface area is 158 Å². The lowest BCUT2D eigenvalue weighted by Gasteiger charge is -2.23. The predicted octanol–water partition coefficient (Wildman–Crippen LogP) is 3.89. The Hall–Kier alpha value is -2.40. The average molecular weight is 377 g/mol. The molecule has 0 heterocycles. The number of nitrogens with zero attached hydrogens (tertiary/aromatic N) is 1. The second-order valence-corrected chi connectivity index (χ2v) is 6.44. The molecule has 0 unspecified atom stereocenters. The third kappa shape index (κ3) is 5.56. The molecule has 2 rings (SSSR count). The van der Waals surface area contributed by atoms with Gasteiger partial charge in [-0.1, -0.05) is 29.8 Å². The molecular formula is C20H22ClFN2O2. The molecule has 138 valence electrons. The van der Waals surface area contributed by atoms with E-state index in [0.717, 1.165) is 11.1 Å². The summed E-state index contributed by atoms with van der Waals surface area (Å²) in [5.74, 6) is -0.564. The summed E-state index contributed by atoms with van der Waals surface area (Å²) < 4.78 is 12.9. The maximum atomic E-state index is 12.9. The van der Waals surface area contributed by atoms with Crippen molar-refractivity contribution in [3.63, 3.8) is 0 Å². The number of anilines is 1. The van der Waals surface area contributed by atoms with E-state index in [2.05, 4.69) is 5.32 Å². The van der Waals surface area contributed by atoms with Crippen LogP contribution in [0.5, 0.6) is 0 Å². The topological polar surface area (TPSA) is 49.4 Å². The van der Waals surface area contributed by atoms with Crippen LogP contribution in [-0.4, -0.2) is 24.9 Å². The molecule has 0 atom stereocenters. The van der Waals surface area contributed by atoms with Gasteiger partial charge in [0.15, 0.2) is 0 Å². The van der Waals surface area contributed by atoms with Crippen molar-refractivity contribution in [2.24, 2.45) is 0 Å². The van der Waals surface area contributed by atoms with Crippen molar-refractivity contribution in [2.75, 3.05) is 18.0 Å². The fourth-order valence-corrected chi connectivity index (χ4v) is 2.80. The summed E-state index contributed by atoms with van der Waals surface area (Å²) in [5, 5.41) is 3.40. The Morgan fingerprint density at radius 3 is 2.50 bits per heavy atom. The van der Waals surface area contributed by atoms with E-state index in [1.54, 1.807) is 29.2 Å². The van der Waals surface area contributed by atoms with E-state index >= 15 is 0 Å². The highest BCUT2D eigenvalue weighted by Crippen LogP contribution is 2.26. The van der Waals surface area contributed by atoms with Gasteiger partial charge >= 0.3 is 0 Å². The van der Waals surface area contributed by atoms with E-state index in [0.29, 0.717) is 23.7 Å². The molecule has 4 nitrogen and oxygen atoms in total. The molecule has 2 aromatic carbocycles. The Kier molecular flexibility index (Phi) is 7.16. The Morgan fingerprint density at radius 2 is 1.85 bits per heavy atom. The standard InChI is InChI=1S/C20H22ClFN2O2/c1-14-18(21)4-3-5-19(14)24(15(2)25)13-11-20(26)23-12-10-16-6-8-17(22)9-7-16/h3-9H,10-13H2,1-2H3,(H,23,26). The first-order valence-corrected chi connectivity index (χ1v) is 8.80. The van der Waals surface area contributed by atoms with Gasteiger partial charge in [0, 0.05) is 37.1 Å². The zero-order valence-electron chi connectivity index (χ0n) is 14.9. The number of halogens is 2. The number of carbonyl (C=O) groups is 2. The molecule has 0 aromatic heterocycles. The third-order valence-corrected chi connectivity index (χ3v) is 4.53. The fourth-order valence-electron chi connectivity index (χ4n) is 2.64. The zero-order chi connectivity index (χ0) is 19.1. The van der Waals surface area contributed by atoms with Crippen molar-refractivity contribution in [3.05, 3.63) is 64.4 Å². The van der Waals surface area contributed by atoms with Gasteiger partial charge in [0.1, 0.15) is 5.82 Å². The summed E-state index contributed by atoms with van der Waals surface area (Å²) >= 11 is 6.12. The molecule has 0 spiro atoms. The van der Waals surface area contributed by atoms with Crippen LogP contribution in [0, 0.1) is 12.7 Å². The molecule has 0 aliphatic heterocycles. The van der Waals surface area contributed by atoms with Crippen LogP contribution in [-0.2, 0) is 16.0 Å². The Balaban J connectivity index is 1.86. The molecule has 0 radical (unpaired) electrons. The normalized spacial score (nSPS) is 10.5. The predicted molar refractivity (Wildman–Crippen MR) is 102 cm³/mol. The van der Waals surface area contributed by atoms with Crippen LogP contribution in [0.3, 0.4) is 0 Å². The van der Waals surface area contributed by atoms with Crippen LogP contribution < -0.4 is 10.2 Å². The van der Waals surface area contributed by atoms with Crippen molar-refractivity contribution in [2.45, 2.75) is 26.7 Å². The lowest BCUT2D eigenvalue weighted by molar-refractivity contribution is -0.121. The molecule has 6 heteroatoms. The van der Waals surface area contributed by atoms with Crippen LogP contribution in [0.15, 0.2) is 42.5 Å². The van der Waals surface area contributed by atoms with E-state index < -0.39 is 0 Å². The first kappa shape index (κ1) is 19.9. The van der Waals surface area contributed by atoms with Gasteiger partial charge in [-0.25, -0.2) is 4.39 Å². The largest absolute Gasteiger partial charge is 0.356 e. The quantitative estimate of drug-likeness (QED) is 0.797. The highest BCUT2D eigenvalue weighted by Gasteiger charge is 2.16. The Bertz CT molecular complexity index is 778. The molecule has 0 aliphatic rings. The molecular weight excluding hydrogens is 355 g/mol. The van der Waals surface area contributed by atoms with Gasteiger partial charge in [0.2, 0.25) is 11.8 Å². The number of benzene rings is 2. The number of hydrogen-bond donors (Lipinski definition) is 1. The van der Waals surface area contributed by atoms with Crippen molar-refractivity contribution in [1.29, 1.82) is 0 Å². The van der Waals surface area contributed by atoms with Crippen LogP contribution in [0.25, 0.3) is 0 Å². The maximum absolute atomic E-state index is 12.9. The van der Waals surface area contributed by atoms with Gasteiger partial charge in [-0.05, 0) is 48.7 Å². The molecule has 26 heavy (non-hydrogen) atoms. The summed E-state index contributed by atoms with van der Waals surface area (Å²) in [6, 6.07) is 11.5. The smallest absolute Gasteiger partial charge is 0.223 e. The number of carbonyl (C=O) groups excluding carboxylic acids is 2. The average Bonchev–Trinajstić information content (AvgIpc) is 2.60. The first-order valence-electron chi connectivity index (χ1n) is 8.43. The van der Waals surface area contributed by atoms with Gasteiger partial charge in [0.05, 0.1) is 0 Å². The monoisotopic (exact) mass is 376 g/mol. The van der Waals surface area contributed by atoms with E-state index in [1.807, 2.05) is 13.0 Å². The second kappa shape index (κ2) is 9.34. The first-order chi connectivity index (χ1) is 12.4. The second-order valence-electron chi connectivity index (χ2n) is 6.03. The lowest BCUT2D eigenvalue weighted by atomic mass is 10.1.